The van der Waals surface area contributed by atoms with Crippen LogP contribution in [0.2, 0.25) is 0 Å². The predicted molar refractivity (Wildman–Crippen MR) is 84.7 cm³/mol. The lowest BCUT2D eigenvalue weighted by Crippen LogP contribution is -2.28. The molecule has 1 amide bonds. The number of rotatable bonds is 5. The Morgan fingerprint density at radius 1 is 1.10 bits per heavy atom. The molecule has 3 aromatic rings. The minimum atomic E-state index is -0.0940. The second-order valence-corrected chi connectivity index (χ2v) is 5.44. The Balaban J connectivity index is 1.49. The zero-order valence-electron chi connectivity index (χ0n) is 11.2. The summed E-state index contributed by atoms with van der Waals surface area (Å²) in [5.41, 5.74) is 1.61. The van der Waals surface area contributed by atoms with Gasteiger partial charge in [0.1, 0.15) is 0 Å². The Kier molecular flexibility index (Phi) is 4.07. The number of hydrogen-bond donors (Lipinski definition) is 2. The zero-order valence-corrected chi connectivity index (χ0v) is 12.1. The summed E-state index contributed by atoms with van der Waals surface area (Å²) in [4.78, 5) is 20.2. The molecular weight excluding hydrogens is 284 g/mol. The van der Waals surface area contributed by atoms with Gasteiger partial charge in [0.05, 0.1) is 10.2 Å². The lowest BCUT2D eigenvalue weighted by atomic mass is 10.2. The average molecular weight is 298 g/mol. The van der Waals surface area contributed by atoms with Gasteiger partial charge in [0, 0.05) is 31.0 Å². The van der Waals surface area contributed by atoms with Gasteiger partial charge in [-0.15, -0.1) is 0 Å². The number of carbonyl (C=O) groups excluding carboxylic acids is 1. The topological polar surface area (TPSA) is 66.9 Å². The third-order valence-corrected chi connectivity index (χ3v) is 3.92. The van der Waals surface area contributed by atoms with Crippen molar-refractivity contribution < 1.29 is 4.79 Å². The van der Waals surface area contributed by atoms with Gasteiger partial charge in [-0.05, 0) is 24.3 Å². The van der Waals surface area contributed by atoms with Crippen molar-refractivity contribution in [2.24, 2.45) is 0 Å². The molecule has 0 radical (unpaired) electrons. The molecule has 0 spiro atoms. The number of fused-ring (bicyclic) bond motifs is 1. The van der Waals surface area contributed by atoms with Crippen molar-refractivity contribution in [2.75, 3.05) is 18.4 Å². The number of carbonyl (C=O) groups is 1. The van der Waals surface area contributed by atoms with Gasteiger partial charge < -0.3 is 10.6 Å². The third kappa shape index (κ3) is 3.35. The van der Waals surface area contributed by atoms with Gasteiger partial charge in [-0.1, -0.05) is 23.5 Å². The largest absolute Gasteiger partial charge is 0.360 e. The van der Waals surface area contributed by atoms with E-state index < -0.39 is 0 Å². The van der Waals surface area contributed by atoms with E-state index in [9.17, 15) is 4.79 Å². The molecule has 0 fully saturated rings. The van der Waals surface area contributed by atoms with Crippen LogP contribution in [0.25, 0.3) is 10.2 Å². The highest BCUT2D eigenvalue weighted by molar-refractivity contribution is 7.22. The number of aromatic nitrogens is 2. The molecule has 2 N–H and O–H groups in total. The first-order valence-corrected chi connectivity index (χ1v) is 7.42. The summed E-state index contributed by atoms with van der Waals surface area (Å²) in [6.45, 7) is 1.17. The Morgan fingerprint density at radius 2 is 1.90 bits per heavy atom. The van der Waals surface area contributed by atoms with Crippen molar-refractivity contribution in [1.82, 2.24) is 15.3 Å². The minimum absolute atomic E-state index is 0.0940. The summed E-state index contributed by atoms with van der Waals surface area (Å²) >= 11 is 1.61. The Bertz CT molecular complexity index is 709. The van der Waals surface area contributed by atoms with Crippen LogP contribution in [0.1, 0.15) is 10.4 Å². The van der Waals surface area contributed by atoms with Crippen LogP contribution in [0, 0.1) is 0 Å². The molecule has 21 heavy (non-hydrogen) atoms. The fourth-order valence-corrected chi connectivity index (χ4v) is 2.79. The van der Waals surface area contributed by atoms with Crippen molar-refractivity contribution >= 4 is 32.6 Å². The Morgan fingerprint density at radius 3 is 2.71 bits per heavy atom. The Labute approximate surface area is 126 Å². The third-order valence-electron chi connectivity index (χ3n) is 2.92. The van der Waals surface area contributed by atoms with Gasteiger partial charge >= 0.3 is 0 Å². The lowest BCUT2D eigenvalue weighted by molar-refractivity contribution is 0.0955. The quantitative estimate of drug-likeness (QED) is 0.710. The van der Waals surface area contributed by atoms with Gasteiger partial charge in [0.25, 0.3) is 5.91 Å². The molecule has 0 bridgehead atoms. The number of thiazole rings is 1. The van der Waals surface area contributed by atoms with Crippen LogP contribution in [0.3, 0.4) is 0 Å². The molecule has 2 heterocycles. The molecule has 0 saturated carbocycles. The van der Waals surface area contributed by atoms with Gasteiger partial charge in [-0.3, -0.25) is 9.78 Å². The number of benzene rings is 1. The molecule has 0 aliphatic carbocycles. The standard InChI is InChI=1S/C15H14N4OS/c20-14(11-5-7-16-8-6-11)17-9-10-18-15-19-12-3-1-2-4-13(12)21-15/h1-8H,9-10H2,(H,17,20)(H,18,19). The molecule has 0 atom stereocenters. The van der Waals surface area contributed by atoms with Gasteiger partial charge in [-0.2, -0.15) is 0 Å². The molecule has 1 aromatic carbocycles. The van der Waals surface area contributed by atoms with Crippen molar-refractivity contribution in [3.63, 3.8) is 0 Å². The van der Waals surface area contributed by atoms with Crippen molar-refractivity contribution in [3.8, 4) is 0 Å². The van der Waals surface area contributed by atoms with Crippen molar-refractivity contribution in [2.45, 2.75) is 0 Å². The summed E-state index contributed by atoms with van der Waals surface area (Å²) in [5, 5.41) is 6.94. The van der Waals surface area contributed by atoms with E-state index in [1.807, 2.05) is 24.3 Å². The van der Waals surface area contributed by atoms with Crippen LogP contribution in [0.15, 0.2) is 48.8 Å². The maximum atomic E-state index is 11.8. The number of amides is 1. The van der Waals surface area contributed by atoms with Crippen molar-refractivity contribution in [3.05, 3.63) is 54.4 Å². The van der Waals surface area contributed by atoms with Gasteiger partial charge in [0.2, 0.25) is 0 Å². The first kappa shape index (κ1) is 13.5. The average Bonchev–Trinajstić information content (AvgIpc) is 2.95. The van der Waals surface area contributed by atoms with E-state index in [1.54, 1.807) is 35.9 Å². The molecule has 6 heteroatoms. The van der Waals surface area contributed by atoms with E-state index >= 15 is 0 Å². The first-order valence-electron chi connectivity index (χ1n) is 6.60. The minimum Gasteiger partial charge on any atom is -0.360 e. The number of anilines is 1. The van der Waals surface area contributed by atoms with Gasteiger partial charge in [0.15, 0.2) is 5.13 Å². The number of nitrogens with one attached hydrogen (secondary N) is 2. The monoisotopic (exact) mass is 298 g/mol. The molecule has 3 rings (SSSR count). The summed E-state index contributed by atoms with van der Waals surface area (Å²) in [5.74, 6) is -0.0940. The van der Waals surface area contributed by atoms with E-state index in [0.29, 0.717) is 18.7 Å². The molecule has 0 aliphatic heterocycles. The molecular formula is C15H14N4OS. The Hall–Kier alpha value is -2.47. The molecule has 2 aromatic heterocycles. The van der Waals surface area contributed by atoms with E-state index in [1.165, 1.54) is 0 Å². The van der Waals surface area contributed by atoms with E-state index in [4.69, 9.17) is 0 Å². The molecule has 0 saturated heterocycles. The summed E-state index contributed by atoms with van der Waals surface area (Å²) in [7, 11) is 0. The molecule has 0 aliphatic rings. The maximum absolute atomic E-state index is 11.8. The fourth-order valence-electron chi connectivity index (χ4n) is 1.90. The lowest BCUT2D eigenvalue weighted by Gasteiger charge is -2.05. The van der Waals surface area contributed by atoms with Crippen LogP contribution in [-0.2, 0) is 0 Å². The highest BCUT2D eigenvalue weighted by atomic mass is 32.1. The van der Waals surface area contributed by atoms with E-state index in [-0.39, 0.29) is 5.91 Å². The van der Waals surface area contributed by atoms with Crippen LogP contribution in [0.5, 0.6) is 0 Å². The summed E-state index contributed by atoms with van der Waals surface area (Å²) < 4.78 is 1.15. The number of para-hydroxylation sites is 1. The summed E-state index contributed by atoms with van der Waals surface area (Å²) in [6.07, 6.45) is 3.21. The van der Waals surface area contributed by atoms with Gasteiger partial charge in [-0.25, -0.2) is 4.98 Å². The molecule has 0 unspecified atom stereocenters. The first-order chi connectivity index (χ1) is 10.3. The molecule has 5 nitrogen and oxygen atoms in total. The van der Waals surface area contributed by atoms with E-state index in [2.05, 4.69) is 20.6 Å². The van der Waals surface area contributed by atoms with Crippen molar-refractivity contribution in [1.29, 1.82) is 0 Å². The van der Waals surface area contributed by atoms with E-state index in [0.717, 1.165) is 15.3 Å². The molecule has 106 valence electrons. The maximum Gasteiger partial charge on any atom is 0.251 e. The number of nitrogens with zero attached hydrogens (tertiary/aromatic N) is 2. The second-order valence-electron chi connectivity index (χ2n) is 4.41. The fraction of sp³-hybridized carbons (Fsp3) is 0.133. The smallest absolute Gasteiger partial charge is 0.251 e. The van der Waals surface area contributed by atoms with Crippen LogP contribution >= 0.6 is 11.3 Å². The van der Waals surface area contributed by atoms with Crippen LogP contribution < -0.4 is 10.6 Å². The SMILES string of the molecule is O=C(NCCNc1nc2ccccc2s1)c1ccncc1. The van der Waals surface area contributed by atoms with Crippen LogP contribution in [0.4, 0.5) is 5.13 Å². The normalized spacial score (nSPS) is 10.5. The predicted octanol–water partition coefficient (Wildman–Crippen LogP) is 2.53. The number of hydrogen-bond acceptors (Lipinski definition) is 5. The highest BCUT2D eigenvalue weighted by Crippen LogP contribution is 2.24. The van der Waals surface area contributed by atoms with Crippen LogP contribution in [-0.4, -0.2) is 29.0 Å². The number of pyridine rings is 1. The summed E-state index contributed by atoms with van der Waals surface area (Å²) in [6, 6.07) is 11.4. The zero-order chi connectivity index (χ0) is 14.5. The highest BCUT2D eigenvalue weighted by Gasteiger charge is 2.04. The second kappa shape index (κ2) is 6.32.